The van der Waals surface area contributed by atoms with Crippen molar-refractivity contribution in [2.24, 2.45) is 11.7 Å². The minimum absolute atomic E-state index is 0.188. The zero-order valence-electron chi connectivity index (χ0n) is 11.7. The molecule has 3 aromatic rings. The highest BCUT2D eigenvalue weighted by Crippen LogP contribution is 2.38. The smallest absolute Gasteiger partial charge is 0.205 e. The molecule has 0 radical (unpaired) electrons. The molecule has 108 valence electrons. The number of nitrogens with two attached hydrogens (primary N) is 1. The Morgan fingerprint density at radius 3 is 2.73 bits per heavy atom. The van der Waals surface area contributed by atoms with Gasteiger partial charge in [0.2, 0.25) is 5.95 Å². The fourth-order valence-electron chi connectivity index (χ4n) is 3.09. The number of imidazole rings is 1. The van der Waals surface area contributed by atoms with Crippen LogP contribution in [-0.4, -0.2) is 20.7 Å². The molecule has 0 amide bonds. The van der Waals surface area contributed by atoms with Crippen LogP contribution in [0, 0.1) is 17.2 Å². The number of hydrogen-bond donors (Lipinski definition) is 2. The van der Waals surface area contributed by atoms with Crippen molar-refractivity contribution in [2.45, 2.75) is 12.2 Å². The molecule has 22 heavy (non-hydrogen) atoms. The first kappa shape index (κ1) is 12.8. The molecule has 0 bridgehead atoms. The number of anilines is 1. The van der Waals surface area contributed by atoms with E-state index in [2.05, 4.69) is 25.9 Å². The summed E-state index contributed by atoms with van der Waals surface area (Å²) in [6, 6.07) is 13.9. The number of benzene rings is 1. The van der Waals surface area contributed by atoms with Crippen LogP contribution in [0.2, 0.25) is 0 Å². The first-order chi connectivity index (χ1) is 10.8. The minimum Gasteiger partial charge on any atom is -0.339 e. The summed E-state index contributed by atoms with van der Waals surface area (Å²) in [7, 11) is 0. The maximum absolute atomic E-state index is 9.61. The van der Waals surface area contributed by atoms with Gasteiger partial charge >= 0.3 is 0 Å². The normalized spacial score (nSPS) is 23.5. The maximum Gasteiger partial charge on any atom is 0.205 e. The van der Waals surface area contributed by atoms with Crippen LogP contribution in [0.4, 0.5) is 5.95 Å². The summed E-state index contributed by atoms with van der Waals surface area (Å²) in [4.78, 5) is 8.66. The quantitative estimate of drug-likeness (QED) is 0.713. The van der Waals surface area contributed by atoms with E-state index in [1.807, 2.05) is 36.4 Å². The van der Waals surface area contributed by atoms with Crippen LogP contribution >= 0.6 is 0 Å². The average molecular weight is 290 g/mol. The molecule has 4 rings (SSSR count). The van der Waals surface area contributed by atoms with E-state index in [1.54, 1.807) is 12.4 Å². The van der Waals surface area contributed by atoms with Gasteiger partial charge in [-0.15, -0.1) is 0 Å². The molecule has 3 heterocycles. The highest BCUT2D eigenvalue weighted by atomic mass is 15.3. The van der Waals surface area contributed by atoms with Crippen molar-refractivity contribution in [3.05, 3.63) is 54.4 Å². The van der Waals surface area contributed by atoms with Gasteiger partial charge in [-0.25, -0.2) is 4.98 Å². The Bertz CT molecular complexity index is 863. The number of para-hydroxylation sites is 2. The third kappa shape index (κ3) is 1.76. The third-order valence-electron chi connectivity index (χ3n) is 4.09. The maximum atomic E-state index is 9.61. The molecule has 2 aromatic heterocycles. The third-order valence-corrected chi connectivity index (χ3v) is 4.09. The summed E-state index contributed by atoms with van der Waals surface area (Å²) in [5.74, 6) is 0.300. The Kier molecular flexibility index (Phi) is 2.81. The molecule has 0 aliphatic carbocycles. The summed E-state index contributed by atoms with van der Waals surface area (Å²) >= 11 is 0. The van der Waals surface area contributed by atoms with Crippen molar-refractivity contribution < 1.29 is 0 Å². The average Bonchev–Trinajstić information content (AvgIpc) is 2.92. The van der Waals surface area contributed by atoms with E-state index in [0.717, 1.165) is 16.6 Å². The van der Waals surface area contributed by atoms with Crippen molar-refractivity contribution in [1.82, 2.24) is 14.5 Å². The Morgan fingerprint density at radius 1 is 1.18 bits per heavy atom. The second kappa shape index (κ2) is 4.83. The van der Waals surface area contributed by atoms with Gasteiger partial charge in [0, 0.05) is 12.4 Å². The van der Waals surface area contributed by atoms with Crippen molar-refractivity contribution >= 4 is 17.0 Å². The summed E-state index contributed by atoms with van der Waals surface area (Å²) in [6.07, 6.45) is 3.00. The standard InChI is InChI=1S/C16H14N6/c17-9-11-14(10-5-7-19-8-6-10)22-13-4-2-1-3-12(13)20-16(22)21-15(11)18/h1-8,11,14-15H,18H2,(H,20,21). The molecule has 1 aromatic carbocycles. The second-order valence-corrected chi connectivity index (χ2v) is 5.34. The van der Waals surface area contributed by atoms with Gasteiger partial charge < -0.3 is 15.6 Å². The summed E-state index contributed by atoms with van der Waals surface area (Å²) in [6.45, 7) is 0. The molecule has 3 atom stereocenters. The van der Waals surface area contributed by atoms with E-state index >= 15 is 0 Å². The number of nitrogens with one attached hydrogen (secondary N) is 1. The molecule has 0 fully saturated rings. The number of hydrogen-bond acceptors (Lipinski definition) is 5. The molecular formula is C16H14N6. The Hall–Kier alpha value is -2.91. The van der Waals surface area contributed by atoms with E-state index < -0.39 is 12.1 Å². The summed E-state index contributed by atoms with van der Waals surface area (Å²) in [5, 5.41) is 12.8. The second-order valence-electron chi connectivity index (χ2n) is 5.34. The monoisotopic (exact) mass is 290 g/mol. The van der Waals surface area contributed by atoms with Gasteiger partial charge in [0.25, 0.3) is 0 Å². The zero-order chi connectivity index (χ0) is 15.1. The van der Waals surface area contributed by atoms with E-state index in [1.165, 1.54) is 0 Å². The lowest BCUT2D eigenvalue weighted by Gasteiger charge is -2.35. The van der Waals surface area contributed by atoms with Crippen LogP contribution in [0.25, 0.3) is 11.0 Å². The minimum atomic E-state index is -0.465. The number of aromatic nitrogens is 3. The largest absolute Gasteiger partial charge is 0.339 e. The Labute approximate surface area is 127 Å². The van der Waals surface area contributed by atoms with E-state index in [9.17, 15) is 5.26 Å². The molecule has 1 aliphatic heterocycles. The van der Waals surface area contributed by atoms with Gasteiger partial charge in [-0.2, -0.15) is 5.26 Å². The molecular weight excluding hydrogens is 276 g/mol. The highest BCUT2D eigenvalue weighted by molar-refractivity contribution is 5.79. The first-order valence-corrected chi connectivity index (χ1v) is 7.08. The molecule has 3 unspecified atom stereocenters. The lowest BCUT2D eigenvalue weighted by molar-refractivity contribution is 0.387. The van der Waals surface area contributed by atoms with Gasteiger partial charge in [0.15, 0.2) is 0 Å². The van der Waals surface area contributed by atoms with Gasteiger partial charge in [0.1, 0.15) is 5.92 Å². The van der Waals surface area contributed by atoms with Crippen LogP contribution in [0.15, 0.2) is 48.8 Å². The van der Waals surface area contributed by atoms with E-state index in [4.69, 9.17) is 5.73 Å². The number of fused-ring (bicyclic) bond motifs is 3. The zero-order valence-corrected chi connectivity index (χ0v) is 11.7. The van der Waals surface area contributed by atoms with Crippen LogP contribution in [-0.2, 0) is 0 Å². The van der Waals surface area contributed by atoms with Crippen LogP contribution in [0.3, 0.4) is 0 Å². The first-order valence-electron chi connectivity index (χ1n) is 7.08. The lowest BCUT2D eigenvalue weighted by Crippen LogP contribution is -2.46. The fraction of sp³-hybridized carbons (Fsp3) is 0.188. The van der Waals surface area contributed by atoms with Gasteiger partial charge in [-0.1, -0.05) is 12.1 Å². The van der Waals surface area contributed by atoms with Crippen molar-refractivity contribution in [3.63, 3.8) is 0 Å². The molecule has 6 heteroatoms. The van der Waals surface area contributed by atoms with Crippen LogP contribution < -0.4 is 11.1 Å². The number of rotatable bonds is 1. The number of nitrogens with zero attached hydrogens (tertiary/aromatic N) is 4. The predicted octanol–water partition coefficient (Wildman–Crippen LogP) is 1.87. The summed E-state index contributed by atoms with van der Waals surface area (Å²) < 4.78 is 2.06. The highest BCUT2D eigenvalue weighted by Gasteiger charge is 2.37. The fourth-order valence-corrected chi connectivity index (χ4v) is 3.09. The van der Waals surface area contributed by atoms with Crippen LogP contribution in [0.1, 0.15) is 11.6 Å². The SMILES string of the molecule is N#CC1C(N)Nc2nc3ccccc3n2C1c1ccncc1. The molecule has 1 aliphatic rings. The molecule has 6 nitrogen and oxygen atoms in total. The topological polar surface area (TPSA) is 92.5 Å². The van der Waals surface area contributed by atoms with Crippen molar-refractivity contribution in [2.75, 3.05) is 5.32 Å². The van der Waals surface area contributed by atoms with Crippen molar-refractivity contribution in [1.29, 1.82) is 5.26 Å². The molecule has 0 saturated heterocycles. The number of pyridine rings is 1. The molecule has 0 spiro atoms. The lowest BCUT2D eigenvalue weighted by atomic mass is 9.90. The number of nitriles is 1. The van der Waals surface area contributed by atoms with E-state index in [-0.39, 0.29) is 6.04 Å². The van der Waals surface area contributed by atoms with Crippen LogP contribution in [0.5, 0.6) is 0 Å². The van der Waals surface area contributed by atoms with Gasteiger partial charge in [-0.05, 0) is 29.8 Å². The van der Waals surface area contributed by atoms with Gasteiger partial charge in [-0.3, -0.25) is 4.98 Å². The Morgan fingerprint density at radius 2 is 1.95 bits per heavy atom. The molecule has 0 saturated carbocycles. The Balaban J connectivity index is 2.01. The van der Waals surface area contributed by atoms with E-state index in [0.29, 0.717) is 5.95 Å². The predicted molar refractivity (Wildman–Crippen MR) is 82.8 cm³/mol. The van der Waals surface area contributed by atoms with Crippen molar-refractivity contribution in [3.8, 4) is 6.07 Å². The van der Waals surface area contributed by atoms with Gasteiger partial charge in [0.05, 0.1) is 29.3 Å². The molecule has 3 N–H and O–H groups in total. The summed E-state index contributed by atoms with van der Waals surface area (Å²) in [5.41, 5.74) is 9.02.